The van der Waals surface area contributed by atoms with Crippen molar-refractivity contribution < 1.29 is 0 Å². The molecule has 0 aliphatic heterocycles. The van der Waals surface area contributed by atoms with E-state index >= 15 is 0 Å². The standard InChI is InChI=1S/C18H30N2/c1-4-13-19-18(14-20(3)17-7-6-8-17)16-11-9-15(5-2)10-12-16/h9-12,17-19H,4-8,13-14H2,1-3H3. The van der Waals surface area contributed by atoms with Crippen LogP contribution >= 0.6 is 0 Å². The van der Waals surface area contributed by atoms with E-state index in [1.807, 2.05) is 0 Å². The summed E-state index contributed by atoms with van der Waals surface area (Å²) in [5.74, 6) is 0. The Hall–Kier alpha value is -0.860. The zero-order chi connectivity index (χ0) is 14.4. The van der Waals surface area contributed by atoms with Gasteiger partial charge < -0.3 is 10.2 Å². The molecule has 1 atom stereocenters. The predicted octanol–water partition coefficient (Wildman–Crippen LogP) is 3.77. The summed E-state index contributed by atoms with van der Waals surface area (Å²) in [6, 6.07) is 10.4. The van der Waals surface area contributed by atoms with Crippen LogP contribution in [0.1, 0.15) is 56.7 Å². The van der Waals surface area contributed by atoms with Crippen molar-refractivity contribution in [1.29, 1.82) is 0 Å². The van der Waals surface area contributed by atoms with Crippen molar-refractivity contribution in [3.05, 3.63) is 35.4 Å². The molecule has 2 nitrogen and oxygen atoms in total. The Bertz CT molecular complexity index is 381. The fourth-order valence-corrected chi connectivity index (χ4v) is 2.86. The van der Waals surface area contributed by atoms with Gasteiger partial charge in [-0.3, -0.25) is 0 Å². The number of hydrogen-bond donors (Lipinski definition) is 1. The predicted molar refractivity (Wildman–Crippen MR) is 87.1 cm³/mol. The van der Waals surface area contributed by atoms with Crippen molar-refractivity contribution in [1.82, 2.24) is 10.2 Å². The Kier molecular flexibility index (Phi) is 6.06. The molecule has 1 saturated carbocycles. The smallest absolute Gasteiger partial charge is 0.0449 e. The molecule has 2 rings (SSSR count). The zero-order valence-electron chi connectivity index (χ0n) is 13.4. The van der Waals surface area contributed by atoms with E-state index in [0.717, 1.165) is 25.6 Å². The van der Waals surface area contributed by atoms with Gasteiger partial charge in [-0.2, -0.15) is 0 Å². The Morgan fingerprint density at radius 2 is 1.90 bits per heavy atom. The third-order valence-corrected chi connectivity index (χ3v) is 4.60. The normalized spacial score (nSPS) is 17.2. The fourth-order valence-electron chi connectivity index (χ4n) is 2.86. The molecule has 0 spiro atoms. The van der Waals surface area contributed by atoms with E-state index in [-0.39, 0.29) is 0 Å². The van der Waals surface area contributed by atoms with Gasteiger partial charge in [0.25, 0.3) is 0 Å². The first-order valence-electron chi connectivity index (χ1n) is 8.27. The van der Waals surface area contributed by atoms with E-state index in [1.54, 1.807) is 0 Å². The summed E-state index contributed by atoms with van der Waals surface area (Å²) >= 11 is 0. The number of benzene rings is 1. The van der Waals surface area contributed by atoms with Crippen molar-refractivity contribution >= 4 is 0 Å². The molecule has 1 unspecified atom stereocenters. The Labute approximate surface area is 124 Å². The lowest BCUT2D eigenvalue weighted by Gasteiger charge is -2.37. The van der Waals surface area contributed by atoms with Crippen LogP contribution in [-0.2, 0) is 6.42 Å². The lowest BCUT2D eigenvalue weighted by molar-refractivity contribution is 0.145. The van der Waals surface area contributed by atoms with Crippen molar-refractivity contribution in [2.45, 2.75) is 58.0 Å². The number of nitrogens with one attached hydrogen (secondary N) is 1. The minimum Gasteiger partial charge on any atom is -0.309 e. The van der Waals surface area contributed by atoms with Crippen molar-refractivity contribution in [2.24, 2.45) is 0 Å². The maximum Gasteiger partial charge on any atom is 0.0449 e. The molecule has 2 heteroatoms. The van der Waals surface area contributed by atoms with Crippen LogP contribution in [0, 0.1) is 0 Å². The van der Waals surface area contributed by atoms with Gasteiger partial charge in [0.05, 0.1) is 0 Å². The van der Waals surface area contributed by atoms with Gasteiger partial charge in [0.2, 0.25) is 0 Å². The van der Waals surface area contributed by atoms with Gasteiger partial charge in [0.1, 0.15) is 0 Å². The second-order valence-electron chi connectivity index (χ2n) is 6.13. The van der Waals surface area contributed by atoms with Gasteiger partial charge in [-0.15, -0.1) is 0 Å². The largest absolute Gasteiger partial charge is 0.309 e. The van der Waals surface area contributed by atoms with Crippen LogP contribution in [0.2, 0.25) is 0 Å². The summed E-state index contributed by atoms with van der Waals surface area (Å²) in [6.45, 7) is 6.67. The first kappa shape index (κ1) is 15.5. The molecule has 0 bridgehead atoms. The van der Waals surface area contributed by atoms with Gasteiger partial charge in [-0.25, -0.2) is 0 Å². The molecule has 0 saturated heterocycles. The average Bonchev–Trinajstić information content (AvgIpc) is 2.41. The van der Waals surface area contributed by atoms with E-state index < -0.39 is 0 Å². The highest BCUT2D eigenvalue weighted by Crippen LogP contribution is 2.25. The highest BCUT2D eigenvalue weighted by molar-refractivity contribution is 5.25. The van der Waals surface area contributed by atoms with Crippen molar-refractivity contribution in [2.75, 3.05) is 20.1 Å². The molecule has 0 amide bonds. The lowest BCUT2D eigenvalue weighted by Crippen LogP contribution is -2.42. The van der Waals surface area contributed by atoms with Crippen LogP contribution in [-0.4, -0.2) is 31.1 Å². The van der Waals surface area contributed by atoms with Crippen LogP contribution in [0.5, 0.6) is 0 Å². The highest BCUT2D eigenvalue weighted by Gasteiger charge is 2.24. The summed E-state index contributed by atoms with van der Waals surface area (Å²) in [7, 11) is 2.28. The zero-order valence-corrected chi connectivity index (χ0v) is 13.4. The summed E-state index contributed by atoms with van der Waals surface area (Å²) in [5, 5.41) is 3.72. The van der Waals surface area contributed by atoms with Crippen LogP contribution in [0.3, 0.4) is 0 Å². The molecule has 1 N–H and O–H groups in total. The second-order valence-corrected chi connectivity index (χ2v) is 6.13. The maximum absolute atomic E-state index is 3.72. The summed E-state index contributed by atoms with van der Waals surface area (Å²) < 4.78 is 0. The summed E-state index contributed by atoms with van der Waals surface area (Å²) in [6.07, 6.45) is 6.48. The topological polar surface area (TPSA) is 15.3 Å². The first-order chi connectivity index (χ1) is 9.74. The van der Waals surface area contributed by atoms with Crippen LogP contribution < -0.4 is 5.32 Å². The summed E-state index contributed by atoms with van der Waals surface area (Å²) in [4.78, 5) is 2.55. The number of rotatable bonds is 8. The number of likely N-dealkylation sites (N-methyl/N-ethyl adjacent to an activating group) is 1. The third kappa shape index (κ3) is 4.07. The minimum atomic E-state index is 0.464. The number of aryl methyl sites for hydroxylation is 1. The molecule has 112 valence electrons. The van der Waals surface area contributed by atoms with Crippen molar-refractivity contribution in [3.8, 4) is 0 Å². The molecular weight excluding hydrogens is 244 g/mol. The Morgan fingerprint density at radius 1 is 1.20 bits per heavy atom. The van der Waals surface area contributed by atoms with Gasteiger partial charge >= 0.3 is 0 Å². The minimum absolute atomic E-state index is 0.464. The van der Waals surface area contributed by atoms with Crippen LogP contribution in [0.4, 0.5) is 0 Å². The molecular formula is C18H30N2. The van der Waals surface area contributed by atoms with E-state index in [0.29, 0.717) is 6.04 Å². The molecule has 1 aromatic carbocycles. The highest BCUT2D eigenvalue weighted by atomic mass is 15.2. The lowest BCUT2D eigenvalue weighted by atomic mass is 9.91. The Morgan fingerprint density at radius 3 is 2.40 bits per heavy atom. The number of hydrogen-bond acceptors (Lipinski definition) is 2. The number of nitrogens with zero attached hydrogens (tertiary/aromatic N) is 1. The quantitative estimate of drug-likeness (QED) is 0.776. The SMILES string of the molecule is CCCNC(CN(C)C1CCC1)c1ccc(CC)cc1. The average molecular weight is 274 g/mol. The molecule has 1 aliphatic carbocycles. The third-order valence-electron chi connectivity index (χ3n) is 4.60. The van der Waals surface area contributed by atoms with Crippen LogP contribution in [0.25, 0.3) is 0 Å². The second kappa shape index (κ2) is 7.80. The molecule has 0 heterocycles. The maximum atomic E-state index is 3.72. The molecule has 0 radical (unpaired) electrons. The monoisotopic (exact) mass is 274 g/mol. The molecule has 1 aliphatic rings. The fraction of sp³-hybridized carbons (Fsp3) is 0.667. The van der Waals surface area contributed by atoms with Gasteiger partial charge in [-0.05, 0) is 50.4 Å². The van der Waals surface area contributed by atoms with E-state index in [9.17, 15) is 0 Å². The van der Waals surface area contributed by atoms with Gasteiger partial charge in [0, 0.05) is 18.6 Å². The molecule has 20 heavy (non-hydrogen) atoms. The molecule has 0 aromatic heterocycles. The van der Waals surface area contributed by atoms with Gasteiger partial charge in [-0.1, -0.05) is 44.5 Å². The van der Waals surface area contributed by atoms with E-state index in [4.69, 9.17) is 0 Å². The van der Waals surface area contributed by atoms with E-state index in [2.05, 4.69) is 55.4 Å². The molecule has 1 fully saturated rings. The van der Waals surface area contributed by atoms with E-state index in [1.165, 1.54) is 36.8 Å². The van der Waals surface area contributed by atoms with Crippen molar-refractivity contribution in [3.63, 3.8) is 0 Å². The summed E-state index contributed by atoms with van der Waals surface area (Å²) in [5.41, 5.74) is 2.86. The van der Waals surface area contributed by atoms with Crippen LogP contribution in [0.15, 0.2) is 24.3 Å². The first-order valence-corrected chi connectivity index (χ1v) is 8.27. The molecule has 1 aromatic rings. The Balaban J connectivity index is 2.00. The van der Waals surface area contributed by atoms with Gasteiger partial charge in [0.15, 0.2) is 0 Å².